The molecule has 5 nitrogen and oxygen atoms in total. The lowest BCUT2D eigenvalue weighted by atomic mass is 9.88. The van der Waals surface area contributed by atoms with Crippen LogP contribution < -0.4 is 0 Å². The van der Waals surface area contributed by atoms with E-state index in [1.54, 1.807) is 0 Å². The highest BCUT2D eigenvalue weighted by molar-refractivity contribution is 6.02. The zero-order valence-electron chi connectivity index (χ0n) is 20.0. The van der Waals surface area contributed by atoms with Crippen molar-refractivity contribution >= 4 is 11.5 Å². The Morgan fingerprint density at radius 3 is 1.63 bits per heavy atom. The molecule has 0 aliphatic carbocycles. The van der Waals surface area contributed by atoms with Crippen molar-refractivity contribution in [3.8, 4) is 0 Å². The Kier molecular flexibility index (Phi) is 9.40. The van der Waals surface area contributed by atoms with Gasteiger partial charge in [0, 0.05) is 29.5 Å². The highest BCUT2D eigenvalue weighted by Crippen LogP contribution is 2.24. The largest absolute Gasteiger partial charge is 0.411 e. The Balaban J connectivity index is 0.000000196. The molecular formula is C26H31F4N3O2. The summed E-state index contributed by atoms with van der Waals surface area (Å²) in [7, 11) is 4.02. The molecule has 2 fully saturated rings. The second-order valence-electron chi connectivity index (χ2n) is 9.25. The van der Waals surface area contributed by atoms with E-state index in [1.807, 2.05) is 14.1 Å². The Morgan fingerprint density at radius 1 is 0.771 bits per heavy atom. The number of likely N-dealkylation sites (tertiary alicyclic amines) is 2. The molecule has 9 heteroatoms. The Bertz CT molecular complexity index is 1050. The molecule has 2 aromatic rings. The van der Waals surface area contributed by atoms with E-state index in [4.69, 9.17) is 5.21 Å². The number of nitrogens with zero attached hydrogens (tertiary/aromatic N) is 3. The van der Waals surface area contributed by atoms with Gasteiger partial charge in [-0.2, -0.15) is 0 Å². The second kappa shape index (κ2) is 12.3. The van der Waals surface area contributed by atoms with Crippen LogP contribution in [0.1, 0.15) is 41.6 Å². The molecule has 2 aromatic carbocycles. The molecule has 2 aliphatic rings. The van der Waals surface area contributed by atoms with E-state index in [0.717, 1.165) is 70.1 Å². The third-order valence-electron chi connectivity index (χ3n) is 6.71. The Morgan fingerprint density at radius 2 is 1.20 bits per heavy atom. The molecule has 0 spiro atoms. The maximum Gasteiger partial charge on any atom is 0.168 e. The summed E-state index contributed by atoms with van der Waals surface area (Å²) in [5.74, 6) is -3.03. The molecule has 0 radical (unpaired) electrons. The summed E-state index contributed by atoms with van der Waals surface area (Å²) in [4.78, 5) is 16.4. The minimum Gasteiger partial charge on any atom is -0.411 e. The molecule has 2 aliphatic heterocycles. The molecule has 0 atom stereocenters. The fourth-order valence-corrected chi connectivity index (χ4v) is 4.51. The quantitative estimate of drug-likeness (QED) is 0.215. The van der Waals surface area contributed by atoms with Crippen LogP contribution in [0, 0.1) is 35.1 Å². The van der Waals surface area contributed by atoms with Crippen molar-refractivity contribution in [2.75, 3.05) is 40.3 Å². The zero-order chi connectivity index (χ0) is 25.5. The molecule has 4 rings (SSSR count). The van der Waals surface area contributed by atoms with Gasteiger partial charge in [-0.3, -0.25) is 4.79 Å². The lowest BCUT2D eigenvalue weighted by Crippen LogP contribution is -2.34. The van der Waals surface area contributed by atoms with Gasteiger partial charge >= 0.3 is 0 Å². The first-order valence-electron chi connectivity index (χ1n) is 11.7. The molecule has 0 aromatic heterocycles. The van der Waals surface area contributed by atoms with Crippen molar-refractivity contribution in [1.29, 1.82) is 0 Å². The summed E-state index contributed by atoms with van der Waals surface area (Å²) in [6.45, 7) is 3.46. The molecule has 190 valence electrons. The van der Waals surface area contributed by atoms with Crippen LogP contribution in [0.2, 0.25) is 0 Å². The minimum atomic E-state index is -0.756. The van der Waals surface area contributed by atoms with Crippen LogP contribution in [0.4, 0.5) is 17.6 Å². The average Bonchev–Trinajstić information content (AvgIpc) is 2.82. The number of Topliss-reactive ketones (excluding diaryl/α,β-unsaturated/α-hetero) is 1. The Hall–Kier alpha value is -2.78. The van der Waals surface area contributed by atoms with Gasteiger partial charge in [-0.1, -0.05) is 5.16 Å². The maximum absolute atomic E-state index is 13.7. The summed E-state index contributed by atoms with van der Waals surface area (Å²) in [6.07, 6.45) is 3.11. The van der Waals surface area contributed by atoms with Crippen molar-refractivity contribution in [2.24, 2.45) is 17.0 Å². The number of hydrogen-bond acceptors (Lipinski definition) is 5. The number of oxime groups is 1. The zero-order valence-corrected chi connectivity index (χ0v) is 20.0. The summed E-state index contributed by atoms with van der Waals surface area (Å²) in [6, 6.07) is 6.46. The summed E-state index contributed by atoms with van der Waals surface area (Å²) < 4.78 is 52.7. The summed E-state index contributed by atoms with van der Waals surface area (Å²) >= 11 is 0. The van der Waals surface area contributed by atoms with E-state index < -0.39 is 23.3 Å². The van der Waals surface area contributed by atoms with Gasteiger partial charge in [-0.25, -0.2) is 17.6 Å². The lowest BCUT2D eigenvalue weighted by Gasteiger charge is -2.29. The van der Waals surface area contributed by atoms with Crippen LogP contribution in [-0.2, 0) is 0 Å². The second-order valence-corrected chi connectivity index (χ2v) is 9.25. The van der Waals surface area contributed by atoms with Crippen LogP contribution in [0.3, 0.4) is 0 Å². The van der Waals surface area contributed by atoms with Crippen molar-refractivity contribution in [3.63, 3.8) is 0 Å². The van der Waals surface area contributed by atoms with Gasteiger partial charge in [0.05, 0.1) is 11.3 Å². The standard InChI is InChI=1S/C13H16F2N2O.C13H15F2NO/c1-17-6-4-9(5-7-17)13(16-18)11-3-2-10(14)8-12(11)15;1-16-6-4-9(5-7-16)13(17)11-3-2-10(14)8-12(11)15/h2-3,8-9,18H,4-7H2,1H3;2-3,8-9H,4-7H2,1H3. The SMILES string of the molecule is CN1CCC(C(=NO)c2ccc(F)cc2F)CC1.CN1CCC(C(=O)c2ccc(F)cc2F)CC1. The van der Waals surface area contributed by atoms with E-state index in [9.17, 15) is 22.4 Å². The molecule has 0 unspecified atom stereocenters. The van der Waals surface area contributed by atoms with Gasteiger partial charge in [0.1, 0.15) is 23.3 Å². The molecule has 0 saturated carbocycles. The number of halogens is 4. The summed E-state index contributed by atoms with van der Waals surface area (Å²) in [5, 5.41) is 12.3. The lowest BCUT2D eigenvalue weighted by molar-refractivity contribution is 0.0852. The van der Waals surface area contributed by atoms with Crippen LogP contribution >= 0.6 is 0 Å². The molecule has 1 N–H and O–H groups in total. The van der Waals surface area contributed by atoms with E-state index in [-0.39, 0.29) is 28.7 Å². The number of benzene rings is 2. The van der Waals surface area contributed by atoms with Gasteiger partial charge in [0.15, 0.2) is 5.78 Å². The topological polar surface area (TPSA) is 56.1 Å². The number of rotatable bonds is 4. The molecular weight excluding hydrogens is 462 g/mol. The van der Waals surface area contributed by atoms with Gasteiger partial charge < -0.3 is 15.0 Å². The molecule has 2 saturated heterocycles. The fraction of sp³-hybridized carbons (Fsp3) is 0.462. The normalized spacial score (nSPS) is 18.7. The van der Waals surface area contributed by atoms with Gasteiger partial charge in [-0.05, 0) is 90.2 Å². The predicted octanol–water partition coefficient (Wildman–Crippen LogP) is 4.97. The van der Waals surface area contributed by atoms with Crippen molar-refractivity contribution in [1.82, 2.24) is 9.80 Å². The third kappa shape index (κ3) is 7.11. The van der Waals surface area contributed by atoms with Crippen LogP contribution in [0.15, 0.2) is 41.6 Å². The van der Waals surface area contributed by atoms with Crippen LogP contribution in [-0.4, -0.2) is 66.8 Å². The number of piperidine rings is 2. The van der Waals surface area contributed by atoms with Crippen molar-refractivity contribution in [2.45, 2.75) is 25.7 Å². The molecule has 0 amide bonds. The highest BCUT2D eigenvalue weighted by atomic mass is 19.1. The number of hydrogen-bond donors (Lipinski definition) is 1. The minimum absolute atomic E-state index is 0.0148. The number of carbonyl (C=O) groups excluding carboxylic acids is 1. The number of ketones is 1. The third-order valence-corrected chi connectivity index (χ3v) is 6.71. The van der Waals surface area contributed by atoms with Crippen molar-refractivity contribution in [3.05, 3.63) is 70.8 Å². The van der Waals surface area contributed by atoms with Gasteiger partial charge in [0.25, 0.3) is 0 Å². The van der Waals surface area contributed by atoms with Crippen molar-refractivity contribution < 1.29 is 27.6 Å². The predicted molar refractivity (Wildman–Crippen MR) is 126 cm³/mol. The first kappa shape index (κ1) is 26.8. The fourth-order valence-electron chi connectivity index (χ4n) is 4.51. The number of carbonyl (C=O) groups is 1. The smallest absolute Gasteiger partial charge is 0.168 e. The molecule has 35 heavy (non-hydrogen) atoms. The molecule has 2 heterocycles. The monoisotopic (exact) mass is 493 g/mol. The Labute approximate surface area is 203 Å². The maximum atomic E-state index is 13.7. The van der Waals surface area contributed by atoms with Crippen LogP contribution in [0.25, 0.3) is 0 Å². The summed E-state index contributed by atoms with van der Waals surface area (Å²) in [5.41, 5.74) is 0.523. The average molecular weight is 494 g/mol. The van der Waals surface area contributed by atoms with Gasteiger partial charge in [-0.15, -0.1) is 0 Å². The van der Waals surface area contributed by atoms with Gasteiger partial charge in [0.2, 0.25) is 0 Å². The van der Waals surface area contributed by atoms with E-state index in [2.05, 4.69) is 15.0 Å². The van der Waals surface area contributed by atoms with Crippen LogP contribution in [0.5, 0.6) is 0 Å². The highest BCUT2D eigenvalue weighted by Gasteiger charge is 2.27. The molecule has 0 bridgehead atoms. The first-order chi connectivity index (χ1) is 16.7. The first-order valence-corrected chi connectivity index (χ1v) is 11.7. The van der Waals surface area contributed by atoms with E-state index in [0.29, 0.717) is 5.71 Å². The van der Waals surface area contributed by atoms with E-state index in [1.165, 1.54) is 18.2 Å². The van der Waals surface area contributed by atoms with E-state index >= 15 is 0 Å².